The van der Waals surface area contributed by atoms with Gasteiger partial charge >= 0.3 is 12.2 Å². The van der Waals surface area contributed by atoms with E-state index in [1.165, 1.54) is 18.2 Å². The maximum atomic E-state index is 14.9. The third-order valence-corrected chi connectivity index (χ3v) is 5.60. The highest BCUT2D eigenvalue weighted by molar-refractivity contribution is 6.09. The van der Waals surface area contributed by atoms with Crippen LogP contribution in [0.4, 0.5) is 22.4 Å². The van der Waals surface area contributed by atoms with Crippen molar-refractivity contribution in [2.75, 3.05) is 6.54 Å². The van der Waals surface area contributed by atoms with Crippen molar-refractivity contribution in [3.8, 4) is 11.1 Å². The summed E-state index contributed by atoms with van der Waals surface area (Å²) in [5, 5.41) is 6.79. The monoisotopic (exact) mass is 435 g/mol. The van der Waals surface area contributed by atoms with Gasteiger partial charge in [-0.1, -0.05) is 30.3 Å². The van der Waals surface area contributed by atoms with Crippen LogP contribution in [0.2, 0.25) is 0 Å². The summed E-state index contributed by atoms with van der Waals surface area (Å²) in [6.45, 7) is -0.471. The number of halogens is 4. The highest BCUT2D eigenvalue weighted by atomic mass is 19.4. The van der Waals surface area contributed by atoms with Gasteiger partial charge in [0.1, 0.15) is 5.67 Å². The lowest BCUT2D eigenvalue weighted by Gasteiger charge is -2.30. The Bertz CT molecular complexity index is 1060. The van der Waals surface area contributed by atoms with Gasteiger partial charge in [-0.05, 0) is 42.2 Å². The molecule has 4 amide bonds. The molecule has 1 heterocycles. The summed E-state index contributed by atoms with van der Waals surface area (Å²) in [5.74, 6) is -1.51. The summed E-state index contributed by atoms with van der Waals surface area (Å²) in [6, 6.07) is 9.71. The fourth-order valence-electron chi connectivity index (χ4n) is 3.71. The number of alkyl halides is 4. The van der Waals surface area contributed by atoms with Gasteiger partial charge in [0.2, 0.25) is 0 Å². The van der Waals surface area contributed by atoms with Crippen molar-refractivity contribution < 1.29 is 31.9 Å². The highest BCUT2D eigenvalue weighted by Gasteiger charge is 2.68. The van der Waals surface area contributed by atoms with Gasteiger partial charge in [-0.15, -0.1) is 0 Å². The number of rotatable bonds is 5. The molecule has 0 bridgehead atoms. The Morgan fingerprint density at radius 3 is 2.23 bits per heavy atom. The highest BCUT2D eigenvalue weighted by Crippen LogP contribution is 2.49. The Kier molecular flexibility index (Phi) is 4.75. The lowest BCUT2D eigenvalue weighted by Crippen LogP contribution is -2.62. The fourth-order valence-corrected chi connectivity index (χ4v) is 3.71. The zero-order valence-electron chi connectivity index (χ0n) is 16.0. The third-order valence-electron chi connectivity index (χ3n) is 5.60. The molecule has 10 heteroatoms. The molecule has 6 nitrogen and oxygen atoms in total. The molecule has 0 unspecified atom stereocenters. The lowest BCUT2D eigenvalue weighted by atomic mass is 9.90. The number of urea groups is 1. The van der Waals surface area contributed by atoms with Gasteiger partial charge in [0.15, 0.2) is 5.54 Å². The molecule has 2 aliphatic rings. The van der Waals surface area contributed by atoms with Crippen LogP contribution in [-0.2, 0) is 11.0 Å². The molecule has 0 aromatic heterocycles. The van der Waals surface area contributed by atoms with Crippen molar-refractivity contribution in [1.82, 2.24) is 16.0 Å². The predicted octanol–water partition coefficient (Wildman–Crippen LogP) is 3.18. The van der Waals surface area contributed by atoms with E-state index in [0.29, 0.717) is 11.1 Å². The van der Waals surface area contributed by atoms with Crippen molar-refractivity contribution in [2.45, 2.75) is 30.2 Å². The van der Waals surface area contributed by atoms with Crippen LogP contribution < -0.4 is 16.0 Å². The summed E-state index contributed by atoms with van der Waals surface area (Å²) in [6.07, 6.45) is -4.35. The summed E-state index contributed by atoms with van der Waals surface area (Å²) in [5.41, 5.74) is -3.80. The molecule has 2 aromatic rings. The first-order chi connectivity index (χ1) is 14.6. The minimum Gasteiger partial charge on any atom is -0.349 e. The van der Waals surface area contributed by atoms with Gasteiger partial charge in [-0.25, -0.2) is 9.18 Å². The second kappa shape index (κ2) is 7.07. The Labute approximate surface area is 174 Å². The first kappa shape index (κ1) is 20.8. The molecule has 2 aromatic carbocycles. The van der Waals surface area contributed by atoms with Gasteiger partial charge in [-0.3, -0.25) is 14.9 Å². The smallest absolute Gasteiger partial charge is 0.349 e. The number of imide groups is 1. The van der Waals surface area contributed by atoms with Crippen molar-refractivity contribution in [1.29, 1.82) is 0 Å². The predicted molar refractivity (Wildman–Crippen MR) is 102 cm³/mol. The average Bonchev–Trinajstić information content (AvgIpc) is 3.41. The van der Waals surface area contributed by atoms with Crippen LogP contribution in [0.15, 0.2) is 48.5 Å². The van der Waals surface area contributed by atoms with Crippen LogP contribution in [0.25, 0.3) is 11.1 Å². The van der Waals surface area contributed by atoms with Gasteiger partial charge in [0, 0.05) is 5.56 Å². The largest absolute Gasteiger partial charge is 0.416 e. The Balaban J connectivity index is 1.58. The molecule has 1 saturated carbocycles. The van der Waals surface area contributed by atoms with E-state index in [0.717, 1.165) is 12.1 Å². The van der Waals surface area contributed by atoms with E-state index in [9.17, 15) is 31.9 Å². The SMILES string of the molecule is O=C1NC(=O)[C@](CNC(=O)c2ccccc2-c2ccc(C(F)(F)F)cc2)(C2(F)CC2)N1. The minimum absolute atomic E-state index is 0.0682. The quantitative estimate of drug-likeness (QED) is 0.498. The van der Waals surface area contributed by atoms with Crippen LogP contribution >= 0.6 is 0 Å². The Hall–Kier alpha value is -3.43. The van der Waals surface area contributed by atoms with Crippen LogP contribution in [0.3, 0.4) is 0 Å². The maximum absolute atomic E-state index is 14.9. The zero-order valence-corrected chi connectivity index (χ0v) is 16.0. The van der Waals surface area contributed by atoms with Crippen LogP contribution in [0, 0.1) is 0 Å². The molecule has 1 aliphatic carbocycles. The van der Waals surface area contributed by atoms with Crippen LogP contribution in [0.5, 0.6) is 0 Å². The topological polar surface area (TPSA) is 87.3 Å². The molecule has 162 valence electrons. The standard InChI is InChI=1S/C21H17F4N3O3/c22-19(9-10-19)20(17(30)27-18(31)28-20)11-26-16(29)15-4-2-1-3-14(15)12-5-7-13(8-6-12)21(23,24)25/h1-8H,9-11H2,(H,26,29)(H2,27,28,30,31)/t20-/m1/s1. The van der Waals surface area contributed by atoms with E-state index in [2.05, 4.69) is 10.6 Å². The molecule has 31 heavy (non-hydrogen) atoms. The average molecular weight is 435 g/mol. The van der Waals surface area contributed by atoms with E-state index in [1.54, 1.807) is 18.2 Å². The number of hydrogen-bond acceptors (Lipinski definition) is 3. The van der Waals surface area contributed by atoms with Crippen LogP contribution in [0.1, 0.15) is 28.8 Å². The molecule has 1 saturated heterocycles. The molecule has 3 N–H and O–H groups in total. The molecule has 0 spiro atoms. The Morgan fingerprint density at radius 1 is 1.03 bits per heavy atom. The summed E-state index contributed by atoms with van der Waals surface area (Å²) in [4.78, 5) is 36.7. The first-order valence-electron chi connectivity index (χ1n) is 9.43. The fraction of sp³-hybridized carbons (Fsp3) is 0.286. The van der Waals surface area contributed by atoms with E-state index in [4.69, 9.17) is 0 Å². The lowest BCUT2D eigenvalue weighted by molar-refractivity contribution is -0.137. The van der Waals surface area contributed by atoms with Crippen molar-refractivity contribution >= 4 is 17.8 Å². The molecule has 1 aliphatic heterocycles. The molecular formula is C21H17F4N3O3. The summed E-state index contributed by atoms with van der Waals surface area (Å²) in [7, 11) is 0. The van der Waals surface area contributed by atoms with E-state index >= 15 is 0 Å². The van der Waals surface area contributed by atoms with E-state index in [1.807, 2.05) is 5.32 Å². The van der Waals surface area contributed by atoms with Gasteiger partial charge in [-0.2, -0.15) is 13.2 Å². The van der Waals surface area contributed by atoms with Gasteiger partial charge in [0.25, 0.3) is 11.8 Å². The molecule has 1 atom stereocenters. The second-order valence-corrected chi connectivity index (χ2v) is 7.58. The maximum Gasteiger partial charge on any atom is 0.416 e. The number of carbonyl (C=O) groups excluding carboxylic acids is 3. The summed E-state index contributed by atoms with van der Waals surface area (Å²) >= 11 is 0. The molecule has 0 radical (unpaired) electrons. The molecular weight excluding hydrogens is 418 g/mol. The first-order valence-corrected chi connectivity index (χ1v) is 9.43. The number of amides is 4. The number of benzene rings is 2. The number of hydrogen-bond donors (Lipinski definition) is 3. The molecule has 2 fully saturated rings. The van der Waals surface area contributed by atoms with Crippen molar-refractivity contribution in [3.05, 3.63) is 59.7 Å². The van der Waals surface area contributed by atoms with Gasteiger partial charge < -0.3 is 10.6 Å². The van der Waals surface area contributed by atoms with E-state index < -0.39 is 47.3 Å². The third kappa shape index (κ3) is 3.62. The second-order valence-electron chi connectivity index (χ2n) is 7.58. The van der Waals surface area contributed by atoms with Crippen molar-refractivity contribution in [2.24, 2.45) is 0 Å². The van der Waals surface area contributed by atoms with E-state index in [-0.39, 0.29) is 18.4 Å². The number of carbonyl (C=O) groups is 3. The Morgan fingerprint density at radius 2 is 1.68 bits per heavy atom. The van der Waals surface area contributed by atoms with Crippen LogP contribution in [-0.4, -0.2) is 35.6 Å². The minimum atomic E-state index is -4.48. The summed E-state index contributed by atoms with van der Waals surface area (Å²) < 4.78 is 53.3. The molecule has 4 rings (SSSR count). The zero-order chi connectivity index (χ0) is 22.4. The number of nitrogens with one attached hydrogen (secondary N) is 3. The van der Waals surface area contributed by atoms with Crippen molar-refractivity contribution in [3.63, 3.8) is 0 Å². The normalized spacial score (nSPS) is 21.9. The van der Waals surface area contributed by atoms with Gasteiger partial charge in [0.05, 0.1) is 12.1 Å².